The second kappa shape index (κ2) is 12.4. The highest BCUT2D eigenvalue weighted by atomic mass is 31.2. The average molecular weight is 697 g/mol. The number of aromatic nitrogens is 2. The highest BCUT2D eigenvalue weighted by molar-refractivity contribution is 7.79. The summed E-state index contributed by atoms with van der Waals surface area (Å²) in [6, 6.07) is 63.5. The molecule has 53 heavy (non-hydrogen) atoms. The van der Waals surface area contributed by atoms with E-state index in [4.69, 9.17) is 9.97 Å². The topological polar surface area (TPSA) is 42.9 Å². The van der Waals surface area contributed by atoms with E-state index in [1.165, 1.54) is 21.5 Å². The SMILES string of the molecule is CP1(=O)c2ccccc2-c2c(-c3cc(-c4cc(-c5ccccc5)nc(-c5ccccc5)n4)cc(-c4cc5ccccc5c5ccccc45)c3)cccc21. The third-order valence-corrected chi connectivity index (χ3v) is 13.2. The van der Waals surface area contributed by atoms with Gasteiger partial charge in [0.2, 0.25) is 0 Å². The fourth-order valence-corrected chi connectivity index (χ4v) is 10.4. The smallest absolute Gasteiger partial charge is 0.160 e. The number of rotatable bonds is 5. The zero-order chi connectivity index (χ0) is 35.5. The molecule has 9 aromatic rings. The van der Waals surface area contributed by atoms with Crippen LogP contribution in [0.15, 0.2) is 182 Å². The van der Waals surface area contributed by atoms with Crippen LogP contribution in [0.2, 0.25) is 0 Å². The first kappa shape index (κ1) is 31.3. The molecular formula is C49H33N2OP. The van der Waals surface area contributed by atoms with E-state index < -0.39 is 7.14 Å². The van der Waals surface area contributed by atoms with Gasteiger partial charge in [-0.25, -0.2) is 9.97 Å². The first-order chi connectivity index (χ1) is 26.0. The van der Waals surface area contributed by atoms with Crippen LogP contribution < -0.4 is 10.6 Å². The predicted molar refractivity (Wildman–Crippen MR) is 222 cm³/mol. The molecule has 4 heteroatoms. The van der Waals surface area contributed by atoms with Gasteiger partial charge in [0.25, 0.3) is 0 Å². The fraction of sp³-hybridized carbons (Fsp3) is 0.0204. The Labute approximate surface area is 308 Å². The first-order valence-electron chi connectivity index (χ1n) is 17.9. The second-order valence-corrected chi connectivity index (χ2v) is 16.6. The van der Waals surface area contributed by atoms with Gasteiger partial charge in [0.05, 0.1) is 11.4 Å². The van der Waals surface area contributed by atoms with E-state index in [9.17, 15) is 4.57 Å². The van der Waals surface area contributed by atoms with Crippen molar-refractivity contribution in [1.82, 2.24) is 9.97 Å². The van der Waals surface area contributed by atoms with Crippen molar-refractivity contribution in [2.45, 2.75) is 0 Å². The Balaban J connectivity index is 1.28. The van der Waals surface area contributed by atoms with Crippen LogP contribution in [-0.4, -0.2) is 16.6 Å². The van der Waals surface area contributed by atoms with E-state index >= 15 is 0 Å². The van der Waals surface area contributed by atoms with Gasteiger partial charge in [0.1, 0.15) is 7.14 Å². The van der Waals surface area contributed by atoms with Crippen LogP contribution in [-0.2, 0) is 4.57 Å². The molecule has 3 nitrogen and oxygen atoms in total. The lowest BCUT2D eigenvalue weighted by atomic mass is 9.88. The van der Waals surface area contributed by atoms with E-state index in [-0.39, 0.29) is 0 Å². The minimum absolute atomic E-state index is 0.673. The molecule has 1 unspecified atom stereocenters. The Morgan fingerprint density at radius 2 is 0.943 bits per heavy atom. The molecular weight excluding hydrogens is 664 g/mol. The average Bonchev–Trinajstić information content (AvgIpc) is 3.47. The first-order valence-corrected chi connectivity index (χ1v) is 20.1. The minimum Gasteiger partial charge on any atom is -0.314 e. The van der Waals surface area contributed by atoms with Crippen molar-refractivity contribution in [3.8, 4) is 67.3 Å². The molecule has 2 heterocycles. The number of benzene rings is 8. The van der Waals surface area contributed by atoms with Crippen LogP contribution in [0.1, 0.15) is 0 Å². The van der Waals surface area contributed by atoms with Gasteiger partial charge in [-0.2, -0.15) is 0 Å². The van der Waals surface area contributed by atoms with E-state index in [2.05, 4.69) is 121 Å². The molecule has 0 radical (unpaired) electrons. The molecule has 0 saturated heterocycles. The number of hydrogen-bond acceptors (Lipinski definition) is 3. The molecule has 0 fully saturated rings. The molecule has 10 rings (SSSR count). The van der Waals surface area contributed by atoms with E-state index in [0.29, 0.717) is 5.82 Å². The number of hydrogen-bond donors (Lipinski definition) is 0. The van der Waals surface area contributed by atoms with Gasteiger partial charge in [0, 0.05) is 32.9 Å². The summed E-state index contributed by atoms with van der Waals surface area (Å²) in [6.07, 6.45) is 0. The largest absolute Gasteiger partial charge is 0.314 e. The quantitative estimate of drug-likeness (QED) is 0.133. The molecule has 1 atom stereocenters. The molecule has 1 aliphatic heterocycles. The van der Waals surface area contributed by atoms with Crippen molar-refractivity contribution in [3.05, 3.63) is 182 Å². The summed E-state index contributed by atoms with van der Waals surface area (Å²) in [5, 5.41) is 6.67. The fourth-order valence-electron chi connectivity index (χ4n) is 8.05. The summed E-state index contributed by atoms with van der Waals surface area (Å²) < 4.78 is 14.4. The van der Waals surface area contributed by atoms with Crippen molar-refractivity contribution >= 4 is 39.3 Å². The number of fused-ring (bicyclic) bond motifs is 6. The Morgan fingerprint density at radius 1 is 0.396 bits per heavy atom. The Hall–Kier alpha value is -6.41. The van der Waals surface area contributed by atoms with Gasteiger partial charge < -0.3 is 4.57 Å². The summed E-state index contributed by atoms with van der Waals surface area (Å²) in [4.78, 5) is 10.3. The Kier molecular flexibility index (Phi) is 7.32. The van der Waals surface area contributed by atoms with Crippen molar-refractivity contribution < 1.29 is 4.57 Å². The van der Waals surface area contributed by atoms with Crippen molar-refractivity contribution in [2.75, 3.05) is 6.66 Å². The molecule has 0 aliphatic carbocycles. The van der Waals surface area contributed by atoms with Crippen LogP contribution in [0, 0.1) is 0 Å². The van der Waals surface area contributed by atoms with Crippen LogP contribution in [0.3, 0.4) is 0 Å². The van der Waals surface area contributed by atoms with Gasteiger partial charge in [0.15, 0.2) is 5.82 Å². The monoisotopic (exact) mass is 696 g/mol. The lowest BCUT2D eigenvalue weighted by Gasteiger charge is -2.17. The van der Waals surface area contributed by atoms with E-state index in [1.807, 2.05) is 67.3 Å². The maximum atomic E-state index is 14.4. The predicted octanol–water partition coefficient (Wildman–Crippen LogP) is 12.0. The number of nitrogens with zero attached hydrogens (tertiary/aromatic N) is 2. The highest BCUT2D eigenvalue weighted by Gasteiger charge is 2.36. The summed E-state index contributed by atoms with van der Waals surface area (Å²) in [5.74, 6) is 0.673. The standard InChI is InChI=1S/C49H33N2OP/c1-53(52)46-25-13-12-23-42(46)48-39(24-14-26-47(48)53)35-27-36(43-30-34-19-8-9-20-38(34)40-21-10-11-22-41(40)43)29-37(28-35)45-31-44(32-15-4-2-5-16-32)50-49(51-45)33-17-6-3-7-18-33/h2-31H,1H3. The zero-order valence-corrected chi connectivity index (χ0v) is 30.0. The van der Waals surface area contributed by atoms with Gasteiger partial charge in [-0.1, -0.05) is 152 Å². The molecule has 0 spiro atoms. The van der Waals surface area contributed by atoms with E-state index in [1.54, 1.807) is 0 Å². The summed E-state index contributed by atoms with van der Waals surface area (Å²) in [6.45, 7) is 1.90. The Morgan fingerprint density at radius 3 is 1.72 bits per heavy atom. The molecule has 0 N–H and O–H groups in total. The minimum atomic E-state index is -2.77. The van der Waals surface area contributed by atoms with Crippen molar-refractivity contribution in [3.63, 3.8) is 0 Å². The third-order valence-electron chi connectivity index (χ3n) is 10.6. The maximum absolute atomic E-state index is 14.4. The van der Waals surface area contributed by atoms with Crippen LogP contribution in [0.25, 0.3) is 88.8 Å². The van der Waals surface area contributed by atoms with Crippen molar-refractivity contribution in [2.24, 2.45) is 0 Å². The summed E-state index contributed by atoms with van der Waals surface area (Å²) in [5.41, 5.74) is 11.1. The van der Waals surface area contributed by atoms with Gasteiger partial charge in [-0.3, -0.25) is 0 Å². The highest BCUT2D eigenvalue weighted by Crippen LogP contribution is 2.53. The van der Waals surface area contributed by atoms with Gasteiger partial charge in [-0.05, 0) is 86.4 Å². The molecule has 0 amide bonds. The zero-order valence-electron chi connectivity index (χ0n) is 29.1. The summed E-state index contributed by atoms with van der Waals surface area (Å²) >= 11 is 0. The van der Waals surface area contributed by atoms with Crippen LogP contribution >= 0.6 is 7.14 Å². The molecule has 8 aromatic carbocycles. The molecule has 0 saturated carbocycles. The second-order valence-electron chi connectivity index (χ2n) is 13.8. The molecule has 250 valence electrons. The Bertz CT molecular complexity index is 2880. The van der Waals surface area contributed by atoms with Crippen molar-refractivity contribution in [1.29, 1.82) is 0 Å². The van der Waals surface area contributed by atoms with Gasteiger partial charge in [-0.15, -0.1) is 0 Å². The normalized spacial score (nSPS) is 14.7. The lowest BCUT2D eigenvalue weighted by molar-refractivity contribution is 0.591. The van der Waals surface area contributed by atoms with E-state index in [0.717, 1.165) is 72.1 Å². The molecule has 1 aromatic heterocycles. The van der Waals surface area contributed by atoms with Crippen LogP contribution in [0.5, 0.6) is 0 Å². The third kappa shape index (κ3) is 5.24. The maximum Gasteiger partial charge on any atom is 0.160 e. The lowest BCUT2D eigenvalue weighted by Crippen LogP contribution is -2.08. The molecule has 0 bridgehead atoms. The van der Waals surface area contributed by atoms with Gasteiger partial charge >= 0.3 is 0 Å². The van der Waals surface area contributed by atoms with Crippen LogP contribution in [0.4, 0.5) is 0 Å². The summed E-state index contributed by atoms with van der Waals surface area (Å²) in [7, 11) is -2.77. The molecule has 1 aliphatic rings.